The largest absolute Gasteiger partial charge is 0.394 e. The summed E-state index contributed by atoms with van der Waals surface area (Å²) < 4.78 is 28.4. The van der Waals surface area contributed by atoms with Gasteiger partial charge in [0.2, 0.25) is 0 Å². The van der Waals surface area contributed by atoms with E-state index in [0.29, 0.717) is 0 Å². The third-order valence-electron chi connectivity index (χ3n) is 14.2. The number of nitrogens with two attached hydrogens (primary N) is 4. The van der Waals surface area contributed by atoms with Gasteiger partial charge in [-0.15, -0.1) is 0 Å². The highest BCUT2D eigenvalue weighted by atomic mass is 16.6. The van der Waals surface area contributed by atoms with Crippen LogP contribution in [0.4, 0.5) is 23.3 Å². The number of fused-ring (bicyclic) bond motifs is 4. The minimum Gasteiger partial charge on any atom is -0.394 e. The minimum atomic E-state index is -1.97. The van der Waals surface area contributed by atoms with Crippen LogP contribution in [0.1, 0.15) is 42.4 Å². The molecular formula is C46H46N20O16. The Morgan fingerprint density at radius 1 is 0.415 bits per heavy atom. The Kier molecular flexibility index (Phi) is 13.7. The summed E-state index contributed by atoms with van der Waals surface area (Å²) in [5.41, 5.74) is 24.3. The van der Waals surface area contributed by atoms with Crippen molar-refractivity contribution in [2.24, 2.45) is 0 Å². The van der Waals surface area contributed by atoms with Gasteiger partial charge in [0.1, 0.15) is 122 Å². The summed E-state index contributed by atoms with van der Waals surface area (Å²) in [4.78, 5) is 49.7. The lowest BCUT2D eigenvalue weighted by atomic mass is 10.1. The number of rotatable bonds is 8. The lowest BCUT2D eigenvalue weighted by Crippen LogP contribution is -2.38. The van der Waals surface area contributed by atoms with Gasteiger partial charge in [-0.1, -0.05) is 17.8 Å². The van der Waals surface area contributed by atoms with E-state index in [4.69, 9.17) is 41.9 Å². The highest BCUT2D eigenvalue weighted by molar-refractivity contribution is 5.84. The molecule has 19 atom stereocenters. The molecule has 0 saturated carbocycles. The first kappa shape index (κ1) is 54.0. The molecule has 4 aliphatic rings. The molecule has 0 spiro atoms. The van der Waals surface area contributed by atoms with Crippen molar-refractivity contribution in [3.63, 3.8) is 0 Å². The molecule has 0 radical (unpaired) electrons. The van der Waals surface area contributed by atoms with Crippen molar-refractivity contribution in [2.45, 2.75) is 116 Å². The molecule has 8 aromatic heterocycles. The third-order valence-corrected chi connectivity index (χ3v) is 14.2. The van der Waals surface area contributed by atoms with Crippen LogP contribution in [0.15, 0.2) is 31.6 Å². The Hall–Kier alpha value is -8.56. The molecular weight excluding hydrogens is 1090 g/mol. The molecule has 8 aromatic rings. The van der Waals surface area contributed by atoms with Crippen LogP contribution < -0.4 is 22.9 Å². The van der Waals surface area contributed by atoms with Gasteiger partial charge in [-0.3, -0.25) is 18.3 Å². The van der Waals surface area contributed by atoms with Crippen molar-refractivity contribution in [3.8, 4) is 35.5 Å². The second-order valence-corrected chi connectivity index (χ2v) is 19.1. The molecule has 426 valence electrons. The number of hydrogen-bond acceptors (Lipinski definition) is 32. The van der Waals surface area contributed by atoms with Crippen LogP contribution in [-0.4, -0.2) is 238 Å². The van der Waals surface area contributed by atoms with Crippen LogP contribution in [0.2, 0.25) is 0 Å². The van der Waals surface area contributed by atoms with E-state index >= 15 is 0 Å². The number of imidazole rings is 4. The molecule has 0 unspecified atom stereocenters. The maximum Gasteiger partial charge on any atom is 0.190 e. The van der Waals surface area contributed by atoms with Gasteiger partial charge in [-0.05, 0) is 17.8 Å². The van der Waals surface area contributed by atoms with Gasteiger partial charge in [-0.25, -0.2) is 59.8 Å². The Morgan fingerprint density at radius 2 is 0.744 bits per heavy atom. The summed E-state index contributed by atoms with van der Waals surface area (Å²) in [7, 11) is 0. The predicted molar refractivity (Wildman–Crippen MR) is 268 cm³/mol. The Labute approximate surface area is 455 Å². The molecule has 36 heteroatoms. The number of ether oxygens (including phenoxy) is 4. The van der Waals surface area contributed by atoms with Crippen molar-refractivity contribution in [1.29, 1.82) is 0 Å². The minimum absolute atomic E-state index is 0.00449. The number of hydrogen-bond donors (Lipinski definition) is 16. The molecule has 0 aromatic carbocycles. The number of nitrogen functional groups attached to an aromatic ring is 4. The Morgan fingerprint density at radius 3 is 1.12 bits per heavy atom. The van der Waals surface area contributed by atoms with E-state index in [2.05, 4.69) is 95.3 Å². The van der Waals surface area contributed by atoms with E-state index in [0.717, 1.165) is 28.1 Å². The van der Waals surface area contributed by atoms with Gasteiger partial charge in [-0.2, -0.15) is 0 Å². The maximum atomic E-state index is 11.6. The summed E-state index contributed by atoms with van der Waals surface area (Å²) in [6.07, 6.45) is -26.3. The van der Waals surface area contributed by atoms with Crippen molar-refractivity contribution in [2.75, 3.05) is 29.5 Å². The number of aromatic nitrogens is 16. The molecule has 0 bridgehead atoms. The maximum absolute atomic E-state index is 11.6. The zero-order valence-corrected chi connectivity index (χ0v) is 41.5. The predicted octanol–water partition coefficient (Wildman–Crippen LogP) is -8.72. The number of aliphatic hydroxyl groups is 12. The molecule has 36 nitrogen and oxygen atoms in total. The molecule has 4 fully saturated rings. The van der Waals surface area contributed by atoms with E-state index in [1.54, 1.807) is 0 Å². The quantitative estimate of drug-likeness (QED) is 0.0628. The lowest BCUT2D eigenvalue weighted by Gasteiger charge is -2.19. The van der Waals surface area contributed by atoms with Crippen LogP contribution in [0, 0.1) is 35.5 Å². The molecule has 4 aliphatic heterocycles. The molecule has 12 rings (SSSR count). The summed E-state index contributed by atoms with van der Waals surface area (Å²) in [5.74, 6) is 14.1. The van der Waals surface area contributed by atoms with Gasteiger partial charge in [0.15, 0.2) is 105 Å². The van der Waals surface area contributed by atoms with Gasteiger partial charge >= 0.3 is 0 Å². The summed E-state index contributed by atoms with van der Waals surface area (Å²) in [6.45, 7) is -0.658. The number of anilines is 4. The van der Waals surface area contributed by atoms with Gasteiger partial charge in [0, 0.05) is 0 Å². The van der Waals surface area contributed by atoms with E-state index in [1.807, 2.05) is 0 Å². The van der Waals surface area contributed by atoms with Crippen LogP contribution in [0.25, 0.3) is 44.7 Å². The highest BCUT2D eigenvalue weighted by Gasteiger charge is 2.51. The number of aliphatic hydroxyl groups excluding tert-OH is 12. The first-order valence-electron chi connectivity index (χ1n) is 24.5. The second kappa shape index (κ2) is 20.8. The van der Waals surface area contributed by atoms with Gasteiger partial charge < -0.3 is 103 Å². The van der Waals surface area contributed by atoms with E-state index < -0.39 is 123 Å². The first-order valence-corrected chi connectivity index (χ1v) is 24.5. The van der Waals surface area contributed by atoms with Crippen molar-refractivity contribution in [3.05, 3.63) is 49.1 Å². The number of nitrogens with zero attached hydrogens (tertiary/aromatic N) is 16. The fraction of sp³-hybridized carbons (Fsp3) is 0.435. The lowest BCUT2D eigenvalue weighted by molar-refractivity contribution is -0.0683. The smallest absolute Gasteiger partial charge is 0.190 e. The molecule has 82 heavy (non-hydrogen) atoms. The van der Waals surface area contributed by atoms with E-state index in [1.165, 1.54) is 21.8 Å². The van der Waals surface area contributed by atoms with E-state index in [-0.39, 0.29) is 85.4 Å². The fourth-order valence-corrected chi connectivity index (χ4v) is 10.1. The van der Waals surface area contributed by atoms with Crippen LogP contribution in [-0.2, 0) is 18.9 Å². The molecule has 4 saturated heterocycles. The van der Waals surface area contributed by atoms with Crippen LogP contribution >= 0.6 is 0 Å². The molecule has 0 amide bonds. The standard InChI is InChI=1S/C46H46N20O16/c47-35-20-39(55-8-51-35)63(12-59-20)43-29(76)25(72)32(80-43)13(68)1-5-18-61-22-37(49)53-10-57-41(22)65(18)45-31(78)27(74)34(82-45)15(70)3-6-19-62-23-38(50)54-11-58-42(23)66(19)46-30(77)26(73)33(81-46)14(69)2-4-17-60-21-36(48)52-9-56-40(21)64(17)44-28(75)24(71)16(7-67)79-44/h8-16,24-34,43-46,67-78H,7H2,(H2,47,51,55)(H2,48,52,56)(H2,49,53,57)(H2,50,54,58)/t13-,14-,15-,16-,24-,25+,26+,27+,28-,29-,30-,31-,32-,33-,34-,43-,44-,45-,46-/m1/s1. The summed E-state index contributed by atoms with van der Waals surface area (Å²) in [6, 6.07) is 0. The van der Waals surface area contributed by atoms with Gasteiger partial charge in [0.25, 0.3) is 0 Å². The highest BCUT2D eigenvalue weighted by Crippen LogP contribution is 2.39. The van der Waals surface area contributed by atoms with Crippen molar-refractivity contribution >= 4 is 67.9 Å². The van der Waals surface area contributed by atoms with Crippen LogP contribution in [0.3, 0.4) is 0 Å². The van der Waals surface area contributed by atoms with E-state index in [9.17, 15) is 61.3 Å². The van der Waals surface area contributed by atoms with Crippen LogP contribution in [0.5, 0.6) is 0 Å². The second-order valence-electron chi connectivity index (χ2n) is 19.1. The topological polar surface area (TPSA) is 558 Å². The monoisotopic (exact) mass is 1130 g/mol. The molecule has 0 aliphatic carbocycles. The van der Waals surface area contributed by atoms with Crippen molar-refractivity contribution in [1.82, 2.24) is 78.1 Å². The summed E-state index contributed by atoms with van der Waals surface area (Å²) in [5, 5.41) is 133. The van der Waals surface area contributed by atoms with Crippen molar-refractivity contribution < 1.29 is 80.2 Å². The first-order chi connectivity index (χ1) is 39.4. The third kappa shape index (κ3) is 8.74. The molecule has 12 heterocycles. The Balaban J connectivity index is 0.806. The summed E-state index contributed by atoms with van der Waals surface area (Å²) >= 11 is 0. The van der Waals surface area contributed by atoms with Gasteiger partial charge in [0.05, 0.1) is 12.9 Å². The zero-order valence-electron chi connectivity index (χ0n) is 41.5. The zero-order chi connectivity index (χ0) is 57.7. The average Bonchev–Trinajstić information content (AvgIpc) is 3.49. The molecule has 20 N–H and O–H groups in total. The SMILES string of the molecule is Nc1ncnc2c1ncn2[C@@H]1O[C@H]([C@H](O)C#Cc2nc3c(N)ncnc3n2[C@@H]2O[C@H]([C@H](O)C#Cc3nc4c(N)ncnc4n3[C@@H]3O[C@H]([C@H](O)C#Cc4nc5c(N)ncnc5n4[C@@H]4O[C@H](CO)[C@@H](O)[C@H]4O)[C@@H](O)[C@H]3O)[C@@H](O)[C@H]2O)[C@@H](O)[C@H]1O. The Bertz CT molecular complexity index is 4000. The average molecular weight is 1130 g/mol. The normalized spacial score (nSPS) is 31.0. The fourth-order valence-electron chi connectivity index (χ4n) is 10.1.